The minimum Gasteiger partial charge on any atom is -0.388 e. The Hall–Kier alpha value is -2.73. The Bertz CT molecular complexity index is 938. The van der Waals surface area contributed by atoms with Crippen LogP contribution in [0, 0.1) is 6.92 Å². The molecule has 130 valence electrons. The summed E-state index contributed by atoms with van der Waals surface area (Å²) in [6.07, 6.45) is 1.57. The fraction of sp³-hybridized carbons (Fsp3) is 0.316. The zero-order valence-electron chi connectivity index (χ0n) is 14.8. The number of hydrogen-bond acceptors (Lipinski definition) is 4. The van der Waals surface area contributed by atoms with E-state index in [1.54, 1.807) is 12.3 Å². The molecule has 3 aromatic rings. The highest BCUT2D eigenvalue weighted by molar-refractivity contribution is 6.05. The second-order valence-corrected chi connectivity index (χ2v) is 7.17. The molecule has 0 radical (unpaired) electrons. The maximum Gasteiger partial charge on any atom is 0.255 e. The Morgan fingerprint density at radius 2 is 2.04 bits per heavy atom. The standard InChI is InChI=1S/C19H22N4O2/c1-11-7-12(19(2,3)4)5-6-14(11)18(25)21-13-8-15-17(20-9-13)23-16(10-24)22-15/h5-9,24H,10H2,1-4H3,(H,21,25)(H,20,22,23). The molecule has 0 aliphatic heterocycles. The van der Waals surface area contributed by atoms with E-state index in [1.807, 2.05) is 19.1 Å². The summed E-state index contributed by atoms with van der Waals surface area (Å²) < 4.78 is 0. The first kappa shape index (κ1) is 17.1. The van der Waals surface area contributed by atoms with Gasteiger partial charge in [0.25, 0.3) is 5.91 Å². The highest BCUT2D eigenvalue weighted by atomic mass is 16.3. The van der Waals surface area contributed by atoms with Crippen molar-refractivity contribution in [3.8, 4) is 0 Å². The maximum atomic E-state index is 12.6. The number of hydrogen-bond donors (Lipinski definition) is 3. The van der Waals surface area contributed by atoms with Crippen LogP contribution in [0.25, 0.3) is 11.2 Å². The molecule has 0 spiro atoms. The lowest BCUT2D eigenvalue weighted by Gasteiger charge is -2.20. The van der Waals surface area contributed by atoms with Gasteiger partial charge in [-0.05, 0) is 35.6 Å². The van der Waals surface area contributed by atoms with Crippen LogP contribution in [0.15, 0.2) is 30.5 Å². The van der Waals surface area contributed by atoms with Crippen LogP contribution in [0.2, 0.25) is 0 Å². The van der Waals surface area contributed by atoms with Crippen molar-refractivity contribution in [2.24, 2.45) is 0 Å². The Morgan fingerprint density at radius 3 is 2.68 bits per heavy atom. The van der Waals surface area contributed by atoms with Crippen LogP contribution in [0.3, 0.4) is 0 Å². The van der Waals surface area contributed by atoms with Crippen molar-refractivity contribution in [2.75, 3.05) is 5.32 Å². The van der Waals surface area contributed by atoms with Crippen LogP contribution < -0.4 is 5.32 Å². The molecule has 0 fully saturated rings. The number of aliphatic hydroxyl groups excluding tert-OH is 1. The number of benzene rings is 1. The second kappa shape index (κ2) is 6.29. The second-order valence-electron chi connectivity index (χ2n) is 7.17. The number of carbonyl (C=O) groups excluding carboxylic acids is 1. The Morgan fingerprint density at radius 1 is 1.28 bits per heavy atom. The molecule has 2 heterocycles. The average Bonchev–Trinajstić information content (AvgIpc) is 2.96. The van der Waals surface area contributed by atoms with Gasteiger partial charge in [-0.3, -0.25) is 4.79 Å². The predicted molar refractivity (Wildman–Crippen MR) is 97.6 cm³/mol. The SMILES string of the molecule is Cc1cc(C(C)(C)C)ccc1C(=O)Nc1cnc2[nH]c(CO)nc2c1. The summed E-state index contributed by atoms with van der Waals surface area (Å²) in [7, 11) is 0. The van der Waals surface area contributed by atoms with Gasteiger partial charge in [0.2, 0.25) is 0 Å². The number of aromatic amines is 1. The van der Waals surface area contributed by atoms with E-state index in [-0.39, 0.29) is 17.9 Å². The lowest BCUT2D eigenvalue weighted by molar-refractivity contribution is 0.102. The largest absolute Gasteiger partial charge is 0.388 e. The van der Waals surface area contributed by atoms with E-state index in [4.69, 9.17) is 5.11 Å². The highest BCUT2D eigenvalue weighted by Gasteiger charge is 2.17. The van der Waals surface area contributed by atoms with Gasteiger partial charge < -0.3 is 15.4 Å². The third-order valence-electron chi connectivity index (χ3n) is 4.13. The number of pyridine rings is 1. The van der Waals surface area contributed by atoms with Crippen LogP contribution >= 0.6 is 0 Å². The van der Waals surface area contributed by atoms with E-state index in [2.05, 4.69) is 47.1 Å². The molecule has 25 heavy (non-hydrogen) atoms. The smallest absolute Gasteiger partial charge is 0.255 e. The molecule has 1 amide bonds. The van der Waals surface area contributed by atoms with Gasteiger partial charge in [-0.1, -0.05) is 32.9 Å². The molecule has 0 aliphatic rings. The van der Waals surface area contributed by atoms with Gasteiger partial charge in [0.1, 0.15) is 17.9 Å². The van der Waals surface area contributed by atoms with Crippen molar-refractivity contribution in [1.29, 1.82) is 0 Å². The van der Waals surface area contributed by atoms with Gasteiger partial charge in [0, 0.05) is 5.56 Å². The number of nitrogens with one attached hydrogen (secondary N) is 2. The molecule has 3 N–H and O–H groups in total. The van der Waals surface area contributed by atoms with Gasteiger partial charge in [-0.2, -0.15) is 0 Å². The lowest BCUT2D eigenvalue weighted by Crippen LogP contribution is -2.16. The topological polar surface area (TPSA) is 90.9 Å². The summed E-state index contributed by atoms with van der Waals surface area (Å²) in [5.74, 6) is 0.261. The zero-order chi connectivity index (χ0) is 18.2. The van der Waals surface area contributed by atoms with Crippen molar-refractivity contribution >= 4 is 22.8 Å². The molecule has 0 saturated carbocycles. The Labute approximate surface area is 146 Å². The number of fused-ring (bicyclic) bond motifs is 1. The van der Waals surface area contributed by atoms with Crippen molar-refractivity contribution < 1.29 is 9.90 Å². The Balaban J connectivity index is 1.84. The van der Waals surface area contributed by atoms with E-state index < -0.39 is 0 Å². The first-order valence-corrected chi connectivity index (χ1v) is 8.16. The molecule has 0 atom stereocenters. The summed E-state index contributed by atoms with van der Waals surface area (Å²) in [6, 6.07) is 7.63. The summed E-state index contributed by atoms with van der Waals surface area (Å²) in [6.45, 7) is 8.19. The number of aromatic nitrogens is 3. The molecule has 3 rings (SSSR count). The molecule has 1 aromatic carbocycles. The number of H-pyrrole nitrogens is 1. The molecule has 0 aliphatic carbocycles. The number of aliphatic hydroxyl groups is 1. The quantitative estimate of drug-likeness (QED) is 0.683. The van der Waals surface area contributed by atoms with Crippen LogP contribution in [0.5, 0.6) is 0 Å². The fourth-order valence-corrected chi connectivity index (χ4v) is 2.67. The van der Waals surface area contributed by atoms with Gasteiger partial charge >= 0.3 is 0 Å². The number of anilines is 1. The van der Waals surface area contributed by atoms with E-state index in [0.29, 0.717) is 28.2 Å². The number of rotatable bonds is 3. The number of aryl methyl sites for hydroxylation is 1. The molecule has 0 bridgehead atoms. The van der Waals surface area contributed by atoms with E-state index >= 15 is 0 Å². The van der Waals surface area contributed by atoms with Crippen LogP contribution in [-0.4, -0.2) is 26.0 Å². The number of imidazole rings is 1. The van der Waals surface area contributed by atoms with Gasteiger partial charge in [0.15, 0.2) is 5.65 Å². The van der Waals surface area contributed by atoms with E-state index in [9.17, 15) is 4.79 Å². The third kappa shape index (κ3) is 3.53. The summed E-state index contributed by atoms with van der Waals surface area (Å²) in [4.78, 5) is 23.9. The minimum absolute atomic E-state index is 0.0408. The van der Waals surface area contributed by atoms with E-state index in [0.717, 1.165) is 5.56 Å². The third-order valence-corrected chi connectivity index (χ3v) is 4.13. The van der Waals surface area contributed by atoms with Gasteiger partial charge in [0.05, 0.1) is 11.9 Å². The number of nitrogens with zero attached hydrogens (tertiary/aromatic N) is 2. The molecule has 0 unspecified atom stereocenters. The zero-order valence-corrected chi connectivity index (χ0v) is 14.8. The first-order valence-electron chi connectivity index (χ1n) is 8.16. The van der Waals surface area contributed by atoms with Gasteiger partial charge in [-0.15, -0.1) is 0 Å². The average molecular weight is 338 g/mol. The summed E-state index contributed by atoms with van der Waals surface area (Å²) >= 11 is 0. The predicted octanol–water partition coefficient (Wildman–Crippen LogP) is 3.31. The molecular formula is C19H22N4O2. The molecule has 6 nitrogen and oxygen atoms in total. The van der Waals surface area contributed by atoms with Crippen LogP contribution in [0.4, 0.5) is 5.69 Å². The van der Waals surface area contributed by atoms with Crippen molar-refractivity contribution in [1.82, 2.24) is 15.0 Å². The normalized spacial score (nSPS) is 11.7. The number of amides is 1. The molecular weight excluding hydrogens is 316 g/mol. The first-order chi connectivity index (χ1) is 11.8. The van der Waals surface area contributed by atoms with Crippen LogP contribution in [0.1, 0.15) is 48.1 Å². The van der Waals surface area contributed by atoms with Crippen molar-refractivity contribution in [3.05, 3.63) is 53.0 Å². The Kier molecular flexibility index (Phi) is 4.30. The maximum absolute atomic E-state index is 12.6. The monoisotopic (exact) mass is 338 g/mol. The highest BCUT2D eigenvalue weighted by Crippen LogP contribution is 2.25. The van der Waals surface area contributed by atoms with Crippen molar-refractivity contribution in [2.45, 2.75) is 39.7 Å². The van der Waals surface area contributed by atoms with Crippen molar-refractivity contribution in [3.63, 3.8) is 0 Å². The van der Waals surface area contributed by atoms with Gasteiger partial charge in [-0.25, -0.2) is 9.97 Å². The molecule has 2 aromatic heterocycles. The summed E-state index contributed by atoms with van der Waals surface area (Å²) in [5, 5.41) is 12.0. The molecule has 6 heteroatoms. The lowest BCUT2D eigenvalue weighted by atomic mass is 9.85. The molecule has 0 saturated heterocycles. The fourth-order valence-electron chi connectivity index (χ4n) is 2.67. The van der Waals surface area contributed by atoms with Crippen LogP contribution in [-0.2, 0) is 12.0 Å². The summed E-state index contributed by atoms with van der Waals surface area (Å²) in [5.41, 5.74) is 4.53. The van der Waals surface area contributed by atoms with E-state index in [1.165, 1.54) is 5.56 Å². The number of carbonyl (C=O) groups is 1. The minimum atomic E-state index is -0.183.